The number of hydrogen-bond donors (Lipinski definition) is 2. The number of carbonyl (C=O) groups excluding carboxylic acids is 2. The van der Waals surface area contributed by atoms with E-state index in [0.29, 0.717) is 16.9 Å². The first-order chi connectivity index (χ1) is 11.5. The topological polar surface area (TPSA) is 91.2 Å². The summed E-state index contributed by atoms with van der Waals surface area (Å²) in [6.07, 6.45) is 0. The molecule has 0 fully saturated rings. The average molecular weight is 323 g/mol. The van der Waals surface area contributed by atoms with E-state index in [1.807, 2.05) is 32.0 Å². The molecule has 0 bridgehead atoms. The molecule has 0 saturated carbocycles. The van der Waals surface area contributed by atoms with Crippen LogP contribution < -0.4 is 15.6 Å². The van der Waals surface area contributed by atoms with Gasteiger partial charge in [-0.1, -0.05) is 17.7 Å². The second kappa shape index (κ2) is 7.79. The smallest absolute Gasteiger partial charge is 0.276 e. The number of hydrogen-bond acceptors (Lipinski definition) is 4. The minimum atomic E-state index is -0.488. The molecule has 6 heteroatoms. The minimum absolute atomic E-state index is 0.251. The Balaban J connectivity index is 1.83. The van der Waals surface area contributed by atoms with Gasteiger partial charge >= 0.3 is 0 Å². The van der Waals surface area contributed by atoms with Crippen molar-refractivity contribution in [1.29, 1.82) is 5.26 Å². The van der Waals surface area contributed by atoms with Crippen molar-refractivity contribution in [2.24, 2.45) is 0 Å². The Bertz CT molecular complexity index is 792. The van der Waals surface area contributed by atoms with Crippen molar-refractivity contribution in [3.05, 3.63) is 64.7 Å². The average Bonchev–Trinajstić information content (AvgIpc) is 2.60. The van der Waals surface area contributed by atoms with E-state index >= 15 is 0 Å². The summed E-state index contributed by atoms with van der Waals surface area (Å²) < 4.78 is 5.28. The molecular formula is C18H17N3O3. The van der Waals surface area contributed by atoms with E-state index in [1.165, 1.54) is 0 Å². The molecule has 0 spiro atoms. The molecule has 0 aliphatic heterocycles. The van der Waals surface area contributed by atoms with E-state index in [4.69, 9.17) is 10.00 Å². The number of hydrazine groups is 1. The third-order valence-electron chi connectivity index (χ3n) is 3.31. The predicted molar refractivity (Wildman–Crippen MR) is 88.2 cm³/mol. The molecule has 122 valence electrons. The molecule has 0 atom stereocenters. The molecule has 2 amide bonds. The maximum Gasteiger partial charge on any atom is 0.276 e. The van der Waals surface area contributed by atoms with Crippen molar-refractivity contribution in [3.8, 4) is 11.8 Å². The fraction of sp³-hybridized carbons (Fsp3) is 0.167. The molecule has 2 rings (SSSR count). The van der Waals surface area contributed by atoms with Crippen LogP contribution in [-0.2, 0) is 4.79 Å². The van der Waals surface area contributed by atoms with Crippen molar-refractivity contribution in [1.82, 2.24) is 10.9 Å². The Labute approximate surface area is 140 Å². The highest BCUT2D eigenvalue weighted by atomic mass is 16.5. The second-order valence-electron chi connectivity index (χ2n) is 5.25. The number of amides is 2. The zero-order valence-corrected chi connectivity index (χ0v) is 13.4. The number of nitrogens with one attached hydrogen (secondary N) is 2. The van der Waals surface area contributed by atoms with Crippen LogP contribution >= 0.6 is 0 Å². The number of ether oxygens (including phenoxy) is 1. The summed E-state index contributed by atoms with van der Waals surface area (Å²) in [6, 6.07) is 13.9. The van der Waals surface area contributed by atoms with Gasteiger partial charge in [-0.2, -0.15) is 5.26 Å². The van der Waals surface area contributed by atoms with Gasteiger partial charge in [-0.15, -0.1) is 0 Å². The number of aryl methyl sites for hydroxylation is 2. The Hall–Kier alpha value is -3.33. The third kappa shape index (κ3) is 4.58. The number of benzene rings is 2. The molecule has 2 aromatic carbocycles. The Morgan fingerprint density at radius 1 is 1.08 bits per heavy atom. The first kappa shape index (κ1) is 17.0. The monoisotopic (exact) mass is 323 g/mol. The zero-order chi connectivity index (χ0) is 17.5. The summed E-state index contributed by atoms with van der Waals surface area (Å²) in [5, 5.41) is 8.70. The van der Waals surface area contributed by atoms with Crippen LogP contribution in [0.3, 0.4) is 0 Å². The molecule has 2 N–H and O–H groups in total. The van der Waals surface area contributed by atoms with Crippen molar-refractivity contribution >= 4 is 11.8 Å². The van der Waals surface area contributed by atoms with Crippen LogP contribution in [-0.4, -0.2) is 18.4 Å². The molecule has 0 aliphatic rings. The summed E-state index contributed by atoms with van der Waals surface area (Å²) in [4.78, 5) is 23.8. The van der Waals surface area contributed by atoms with Crippen molar-refractivity contribution in [2.45, 2.75) is 13.8 Å². The minimum Gasteiger partial charge on any atom is -0.484 e. The fourth-order valence-electron chi connectivity index (χ4n) is 1.98. The van der Waals surface area contributed by atoms with E-state index in [0.717, 1.165) is 11.1 Å². The highest BCUT2D eigenvalue weighted by molar-refractivity contribution is 5.96. The molecular weight excluding hydrogens is 306 g/mol. The SMILES string of the molecule is Cc1ccc(C)c(C(=O)NNC(=O)COc2ccc(C#N)cc2)c1. The zero-order valence-electron chi connectivity index (χ0n) is 13.4. The Morgan fingerprint density at radius 2 is 1.79 bits per heavy atom. The van der Waals surface area contributed by atoms with Crippen LogP contribution in [0.5, 0.6) is 5.75 Å². The molecule has 0 aliphatic carbocycles. The molecule has 0 radical (unpaired) electrons. The summed E-state index contributed by atoms with van der Waals surface area (Å²) in [6.45, 7) is 3.46. The first-order valence-electron chi connectivity index (χ1n) is 7.29. The molecule has 0 unspecified atom stereocenters. The summed E-state index contributed by atoms with van der Waals surface area (Å²) in [7, 11) is 0. The molecule has 0 aromatic heterocycles. The second-order valence-corrected chi connectivity index (χ2v) is 5.25. The van der Waals surface area contributed by atoms with Crippen LogP contribution in [0.2, 0.25) is 0 Å². The Kier molecular flexibility index (Phi) is 5.53. The lowest BCUT2D eigenvalue weighted by molar-refractivity contribution is -0.123. The van der Waals surface area contributed by atoms with Gasteiger partial charge in [0.2, 0.25) is 0 Å². The van der Waals surface area contributed by atoms with Crippen molar-refractivity contribution in [2.75, 3.05) is 6.61 Å². The van der Waals surface area contributed by atoms with Crippen LogP contribution in [0.15, 0.2) is 42.5 Å². The van der Waals surface area contributed by atoms with Crippen LogP contribution in [0.4, 0.5) is 0 Å². The molecule has 2 aromatic rings. The summed E-state index contributed by atoms with van der Waals surface area (Å²) in [5.74, 6) is -0.411. The number of nitrogens with zero attached hydrogens (tertiary/aromatic N) is 1. The fourth-order valence-corrected chi connectivity index (χ4v) is 1.98. The lowest BCUT2D eigenvalue weighted by Gasteiger charge is -2.10. The molecule has 0 heterocycles. The summed E-state index contributed by atoms with van der Waals surface area (Å²) in [5.41, 5.74) is 7.45. The van der Waals surface area contributed by atoms with Crippen molar-refractivity contribution in [3.63, 3.8) is 0 Å². The quantitative estimate of drug-likeness (QED) is 0.842. The molecule has 6 nitrogen and oxygen atoms in total. The normalized spacial score (nSPS) is 9.71. The largest absolute Gasteiger partial charge is 0.484 e. The van der Waals surface area contributed by atoms with Crippen LogP contribution in [0, 0.1) is 25.2 Å². The lowest BCUT2D eigenvalue weighted by atomic mass is 10.1. The predicted octanol–water partition coefficient (Wildman–Crippen LogP) is 2.02. The maximum atomic E-state index is 12.1. The van der Waals surface area contributed by atoms with Gasteiger partial charge in [0, 0.05) is 5.56 Å². The van der Waals surface area contributed by atoms with E-state index in [1.54, 1.807) is 30.3 Å². The van der Waals surface area contributed by atoms with Gasteiger partial charge in [0.1, 0.15) is 5.75 Å². The van der Waals surface area contributed by atoms with Crippen LogP contribution in [0.1, 0.15) is 27.0 Å². The molecule has 24 heavy (non-hydrogen) atoms. The van der Waals surface area contributed by atoms with Gasteiger partial charge in [-0.25, -0.2) is 0 Å². The highest BCUT2D eigenvalue weighted by Crippen LogP contribution is 2.11. The molecule has 0 saturated heterocycles. The highest BCUT2D eigenvalue weighted by Gasteiger charge is 2.10. The van der Waals surface area contributed by atoms with E-state index < -0.39 is 5.91 Å². The van der Waals surface area contributed by atoms with Gasteiger partial charge in [0.15, 0.2) is 6.61 Å². The standard InChI is InChI=1S/C18H17N3O3/c1-12-3-4-13(2)16(9-12)18(23)21-20-17(22)11-24-15-7-5-14(10-19)6-8-15/h3-9H,11H2,1-2H3,(H,20,22)(H,21,23). The van der Waals surface area contributed by atoms with E-state index in [2.05, 4.69) is 10.9 Å². The van der Waals surface area contributed by atoms with E-state index in [9.17, 15) is 9.59 Å². The maximum absolute atomic E-state index is 12.1. The third-order valence-corrected chi connectivity index (χ3v) is 3.31. The first-order valence-corrected chi connectivity index (χ1v) is 7.29. The lowest BCUT2D eigenvalue weighted by Crippen LogP contribution is -2.44. The van der Waals surface area contributed by atoms with Gasteiger partial charge < -0.3 is 4.74 Å². The number of rotatable bonds is 4. The summed E-state index contributed by atoms with van der Waals surface area (Å²) >= 11 is 0. The number of nitriles is 1. The van der Waals surface area contributed by atoms with Crippen molar-refractivity contribution < 1.29 is 14.3 Å². The van der Waals surface area contributed by atoms with Gasteiger partial charge in [-0.3, -0.25) is 20.4 Å². The van der Waals surface area contributed by atoms with Gasteiger partial charge in [0.05, 0.1) is 11.6 Å². The van der Waals surface area contributed by atoms with Gasteiger partial charge in [-0.05, 0) is 49.7 Å². The van der Waals surface area contributed by atoms with Crippen LogP contribution in [0.25, 0.3) is 0 Å². The van der Waals surface area contributed by atoms with Gasteiger partial charge in [0.25, 0.3) is 11.8 Å². The Morgan fingerprint density at radius 3 is 2.46 bits per heavy atom. The van der Waals surface area contributed by atoms with E-state index in [-0.39, 0.29) is 12.5 Å². The number of carbonyl (C=O) groups is 2.